The Morgan fingerprint density at radius 1 is 1.57 bits per heavy atom. The van der Waals surface area contributed by atoms with Gasteiger partial charge in [0, 0.05) is 39.4 Å². The van der Waals surface area contributed by atoms with E-state index in [4.69, 9.17) is 4.74 Å². The van der Waals surface area contributed by atoms with E-state index in [1.165, 1.54) is 37.3 Å². The standard InChI is InChI=1S/C13H19N3O5/c1-14-11-5-4-9(6-12(11)16(19)20)13(18)15(2)7-10(17)8-21-3/h4-6,10,14,17H,7-8H2,1-3H3. The molecule has 1 unspecified atom stereocenters. The summed E-state index contributed by atoms with van der Waals surface area (Å²) in [5, 5.41) is 23.3. The summed E-state index contributed by atoms with van der Waals surface area (Å²) in [5.74, 6) is -0.407. The highest BCUT2D eigenvalue weighted by atomic mass is 16.6. The largest absolute Gasteiger partial charge is 0.389 e. The number of likely N-dealkylation sites (N-methyl/N-ethyl adjacent to an activating group) is 1. The van der Waals surface area contributed by atoms with Crippen molar-refractivity contribution in [1.82, 2.24) is 4.90 Å². The number of nitro groups is 1. The third-order valence-corrected chi connectivity index (χ3v) is 2.90. The molecular weight excluding hydrogens is 278 g/mol. The molecule has 1 aromatic rings. The molecule has 0 aliphatic heterocycles. The number of nitro benzene ring substituents is 1. The summed E-state index contributed by atoms with van der Waals surface area (Å²) < 4.78 is 4.79. The maximum absolute atomic E-state index is 12.2. The van der Waals surface area contributed by atoms with Crippen LogP contribution >= 0.6 is 0 Å². The number of aliphatic hydroxyl groups excluding tert-OH is 1. The molecule has 0 spiro atoms. The number of nitrogens with one attached hydrogen (secondary N) is 1. The van der Waals surface area contributed by atoms with E-state index < -0.39 is 16.9 Å². The van der Waals surface area contributed by atoms with Crippen LogP contribution in [0, 0.1) is 10.1 Å². The van der Waals surface area contributed by atoms with Crippen molar-refractivity contribution >= 4 is 17.3 Å². The maximum Gasteiger partial charge on any atom is 0.293 e. The molecule has 0 saturated carbocycles. The normalized spacial score (nSPS) is 11.8. The molecule has 116 valence electrons. The molecule has 1 aromatic carbocycles. The van der Waals surface area contributed by atoms with Crippen molar-refractivity contribution in [2.75, 3.05) is 39.7 Å². The number of hydrogen-bond donors (Lipinski definition) is 2. The van der Waals surface area contributed by atoms with Crippen LogP contribution < -0.4 is 5.32 Å². The quantitative estimate of drug-likeness (QED) is 0.567. The van der Waals surface area contributed by atoms with Crippen LogP contribution in [0.25, 0.3) is 0 Å². The van der Waals surface area contributed by atoms with E-state index in [1.54, 1.807) is 7.05 Å². The van der Waals surface area contributed by atoms with Gasteiger partial charge in [0.2, 0.25) is 0 Å². The van der Waals surface area contributed by atoms with Crippen LogP contribution in [0.5, 0.6) is 0 Å². The first kappa shape index (κ1) is 16.9. The number of benzene rings is 1. The highest BCUT2D eigenvalue weighted by Crippen LogP contribution is 2.25. The Morgan fingerprint density at radius 2 is 2.24 bits per heavy atom. The van der Waals surface area contributed by atoms with E-state index in [0.29, 0.717) is 5.69 Å². The summed E-state index contributed by atoms with van der Waals surface area (Å²) in [6, 6.07) is 4.19. The van der Waals surface area contributed by atoms with Gasteiger partial charge >= 0.3 is 0 Å². The predicted molar refractivity (Wildman–Crippen MR) is 77.5 cm³/mol. The minimum Gasteiger partial charge on any atom is -0.389 e. The fourth-order valence-electron chi connectivity index (χ4n) is 1.89. The zero-order valence-electron chi connectivity index (χ0n) is 12.2. The van der Waals surface area contributed by atoms with Crippen LogP contribution in [0.3, 0.4) is 0 Å². The molecule has 0 aliphatic rings. The number of hydrogen-bond acceptors (Lipinski definition) is 6. The molecule has 0 fully saturated rings. The molecule has 0 heterocycles. The van der Waals surface area contributed by atoms with Gasteiger partial charge in [-0.1, -0.05) is 0 Å². The van der Waals surface area contributed by atoms with Crippen molar-refractivity contribution in [1.29, 1.82) is 0 Å². The van der Waals surface area contributed by atoms with Gasteiger partial charge in [-0.05, 0) is 12.1 Å². The first-order valence-corrected chi connectivity index (χ1v) is 6.29. The number of methoxy groups -OCH3 is 1. The van der Waals surface area contributed by atoms with Crippen LogP contribution in [0.15, 0.2) is 18.2 Å². The second-order valence-corrected chi connectivity index (χ2v) is 4.53. The van der Waals surface area contributed by atoms with Crippen LogP contribution in [-0.2, 0) is 4.74 Å². The van der Waals surface area contributed by atoms with Gasteiger partial charge in [0.25, 0.3) is 11.6 Å². The zero-order chi connectivity index (χ0) is 16.0. The Bertz CT molecular complexity index is 521. The zero-order valence-corrected chi connectivity index (χ0v) is 12.2. The van der Waals surface area contributed by atoms with E-state index in [2.05, 4.69) is 5.32 Å². The summed E-state index contributed by atoms with van der Waals surface area (Å²) in [5.41, 5.74) is 0.348. The third kappa shape index (κ3) is 4.40. The molecule has 1 atom stereocenters. The van der Waals surface area contributed by atoms with Crippen LogP contribution in [0.4, 0.5) is 11.4 Å². The third-order valence-electron chi connectivity index (χ3n) is 2.90. The first-order valence-electron chi connectivity index (χ1n) is 6.29. The number of rotatable bonds is 7. The van der Waals surface area contributed by atoms with Crippen molar-refractivity contribution in [3.05, 3.63) is 33.9 Å². The number of aliphatic hydroxyl groups is 1. The fraction of sp³-hybridized carbons (Fsp3) is 0.462. The fourth-order valence-corrected chi connectivity index (χ4v) is 1.89. The van der Waals surface area contributed by atoms with Crippen molar-refractivity contribution in [3.63, 3.8) is 0 Å². The lowest BCUT2D eigenvalue weighted by molar-refractivity contribution is -0.384. The van der Waals surface area contributed by atoms with E-state index in [1.807, 2.05) is 0 Å². The van der Waals surface area contributed by atoms with Crippen molar-refractivity contribution in [2.45, 2.75) is 6.10 Å². The number of anilines is 1. The Labute approximate surface area is 122 Å². The lowest BCUT2D eigenvalue weighted by atomic mass is 10.1. The lowest BCUT2D eigenvalue weighted by Gasteiger charge is -2.20. The van der Waals surface area contributed by atoms with Gasteiger partial charge in [0.05, 0.1) is 17.6 Å². The number of nitrogens with zero attached hydrogens (tertiary/aromatic N) is 2. The molecule has 0 saturated heterocycles. The molecule has 8 nitrogen and oxygen atoms in total. The minimum atomic E-state index is -0.810. The number of amides is 1. The molecule has 0 aliphatic carbocycles. The van der Waals surface area contributed by atoms with Gasteiger partial charge < -0.3 is 20.1 Å². The molecule has 1 rings (SSSR count). The summed E-state index contributed by atoms with van der Waals surface area (Å²) in [7, 11) is 4.53. The van der Waals surface area contributed by atoms with Crippen LogP contribution in [0.2, 0.25) is 0 Å². The van der Waals surface area contributed by atoms with Gasteiger partial charge in [-0.25, -0.2) is 0 Å². The van der Waals surface area contributed by atoms with E-state index >= 15 is 0 Å². The number of ether oxygens (including phenoxy) is 1. The summed E-state index contributed by atoms with van der Waals surface area (Å²) >= 11 is 0. The van der Waals surface area contributed by atoms with Crippen LogP contribution in [0.1, 0.15) is 10.4 Å². The molecule has 2 N–H and O–H groups in total. The average molecular weight is 297 g/mol. The number of carbonyl (C=O) groups excluding carboxylic acids is 1. The van der Waals surface area contributed by atoms with Gasteiger partial charge in [0.1, 0.15) is 5.69 Å². The van der Waals surface area contributed by atoms with Crippen molar-refractivity contribution in [2.24, 2.45) is 0 Å². The van der Waals surface area contributed by atoms with Gasteiger partial charge in [0.15, 0.2) is 0 Å². The molecule has 0 radical (unpaired) electrons. The molecule has 0 aromatic heterocycles. The summed E-state index contributed by atoms with van der Waals surface area (Å²) in [4.78, 5) is 23.9. The minimum absolute atomic E-state index is 0.0776. The lowest BCUT2D eigenvalue weighted by Crippen LogP contribution is -2.36. The van der Waals surface area contributed by atoms with E-state index in [9.17, 15) is 20.0 Å². The second kappa shape index (κ2) is 7.55. The Kier molecular flexibility index (Phi) is 6.07. The van der Waals surface area contributed by atoms with Gasteiger partial charge in [-0.15, -0.1) is 0 Å². The molecule has 0 bridgehead atoms. The van der Waals surface area contributed by atoms with Crippen molar-refractivity contribution < 1.29 is 19.6 Å². The Morgan fingerprint density at radius 3 is 2.76 bits per heavy atom. The maximum atomic E-state index is 12.2. The predicted octanol–water partition coefficient (Wildman–Crippen LogP) is 0.716. The molecule has 1 amide bonds. The average Bonchev–Trinajstić information content (AvgIpc) is 2.45. The highest BCUT2D eigenvalue weighted by molar-refractivity contribution is 5.95. The monoisotopic (exact) mass is 297 g/mol. The van der Waals surface area contributed by atoms with Gasteiger partial charge in [-0.3, -0.25) is 14.9 Å². The van der Waals surface area contributed by atoms with Crippen LogP contribution in [-0.4, -0.2) is 61.3 Å². The van der Waals surface area contributed by atoms with Crippen molar-refractivity contribution in [3.8, 4) is 0 Å². The molecule has 21 heavy (non-hydrogen) atoms. The molecule has 8 heteroatoms. The Balaban J connectivity index is 2.92. The highest BCUT2D eigenvalue weighted by Gasteiger charge is 2.20. The van der Waals surface area contributed by atoms with E-state index in [-0.39, 0.29) is 24.4 Å². The van der Waals surface area contributed by atoms with Gasteiger partial charge in [-0.2, -0.15) is 0 Å². The molecular formula is C13H19N3O5. The number of carbonyl (C=O) groups is 1. The smallest absolute Gasteiger partial charge is 0.293 e. The topological polar surface area (TPSA) is 105 Å². The SMILES string of the molecule is CNc1ccc(C(=O)N(C)CC(O)COC)cc1[N+](=O)[O-]. The second-order valence-electron chi connectivity index (χ2n) is 4.53. The van der Waals surface area contributed by atoms with E-state index in [0.717, 1.165) is 0 Å². The summed E-state index contributed by atoms with van der Waals surface area (Å²) in [6.07, 6.45) is -0.810. The summed E-state index contributed by atoms with van der Waals surface area (Å²) in [6.45, 7) is 0.185. The first-order chi connectivity index (χ1) is 9.90. The Hall–Kier alpha value is -2.19.